The molecule has 3 heteroatoms. The van der Waals surface area contributed by atoms with E-state index in [0.29, 0.717) is 6.61 Å². The lowest BCUT2D eigenvalue weighted by molar-refractivity contribution is -0.932. The summed E-state index contributed by atoms with van der Waals surface area (Å²) >= 11 is 0. The van der Waals surface area contributed by atoms with Crippen LogP contribution in [0.15, 0.2) is 0 Å². The minimum absolute atomic E-state index is 0.0357. The number of nitrogens with one attached hydrogen (secondary N) is 1. The highest BCUT2D eigenvalue weighted by molar-refractivity contribution is 5.72. The van der Waals surface area contributed by atoms with Crippen molar-refractivity contribution in [3.63, 3.8) is 0 Å². The summed E-state index contributed by atoms with van der Waals surface area (Å²) in [6.45, 7) is 7.13. The average molecular weight is 254 g/mol. The molecule has 1 saturated carbocycles. The van der Waals surface area contributed by atoms with Crippen LogP contribution < -0.4 is 4.90 Å². The van der Waals surface area contributed by atoms with Crippen LogP contribution in [0.1, 0.15) is 52.4 Å². The van der Waals surface area contributed by atoms with Crippen LogP contribution in [0.3, 0.4) is 0 Å². The van der Waals surface area contributed by atoms with Gasteiger partial charge in [0.25, 0.3) is 0 Å². The topological polar surface area (TPSA) is 30.7 Å². The van der Waals surface area contributed by atoms with Crippen molar-refractivity contribution in [2.75, 3.05) is 19.7 Å². The molecule has 2 fully saturated rings. The number of quaternary nitrogens is 1. The standard InChI is InChI=1S/C15H27NO2/c1-3-18-15(17)13-7-9-16(10-8-13)14-6-4-5-12(2)11-14/h12-14H,3-11H2,1-2H3/p+1/t12-,14-/m1/s1. The summed E-state index contributed by atoms with van der Waals surface area (Å²) in [4.78, 5) is 13.5. The highest BCUT2D eigenvalue weighted by Crippen LogP contribution is 2.23. The summed E-state index contributed by atoms with van der Waals surface area (Å²) in [5, 5.41) is 0. The molecule has 0 radical (unpaired) electrons. The number of likely N-dealkylation sites (tertiary alicyclic amines) is 1. The fraction of sp³-hybridized carbons (Fsp3) is 0.933. The van der Waals surface area contributed by atoms with Crippen molar-refractivity contribution >= 4 is 5.97 Å². The zero-order valence-electron chi connectivity index (χ0n) is 11.9. The van der Waals surface area contributed by atoms with E-state index in [2.05, 4.69) is 6.92 Å². The van der Waals surface area contributed by atoms with Crippen LogP contribution in [0.25, 0.3) is 0 Å². The molecule has 0 aromatic carbocycles. The van der Waals surface area contributed by atoms with Gasteiger partial charge >= 0.3 is 5.97 Å². The molecule has 18 heavy (non-hydrogen) atoms. The second kappa shape index (κ2) is 6.55. The normalized spacial score (nSPS) is 37.2. The SMILES string of the molecule is CCOC(=O)C1CC[NH+]([C@@H]2CCC[C@@H](C)C2)CC1. The molecule has 0 aromatic rings. The number of piperidine rings is 1. The van der Waals surface area contributed by atoms with Gasteiger partial charge in [-0.3, -0.25) is 4.79 Å². The maximum absolute atomic E-state index is 11.7. The van der Waals surface area contributed by atoms with E-state index in [0.717, 1.165) is 24.8 Å². The quantitative estimate of drug-likeness (QED) is 0.772. The van der Waals surface area contributed by atoms with Crippen LogP contribution in [0.4, 0.5) is 0 Å². The van der Waals surface area contributed by atoms with Gasteiger partial charge in [0.15, 0.2) is 0 Å². The van der Waals surface area contributed by atoms with Gasteiger partial charge in [-0.15, -0.1) is 0 Å². The van der Waals surface area contributed by atoms with Gasteiger partial charge in [0, 0.05) is 19.3 Å². The number of hydrogen-bond acceptors (Lipinski definition) is 2. The van der Waals surface area contributed by atoms with Gasteiger partial charge in [0.1, 0.15) is 0 Å². The van der Waals surface area contributed by atoms with E-state index in [4.69, 9.17) is 4.74 Å². The van der Waals surface area contributed by atoms with Crippen molar-refractivity contribution in [3.05, 3.63) is 0 Å². The van der Waals surface area contributed by atoms with Gasteiger partial charge in [-0.05, 0) is 25.7 Å². The molecule has 0 amide bonds. The van der Waals surface area contributed by atoms with E-state index in [1.807, 2.05) is 6.92 Å². The molecular formula is C15H28NO2+. The highest BCUT2D eigenvalue weighted by Gasteiger charge is 2.34. The van der Waals surface area contributed by atoms with Crippen molar-refractivity contribution in [2.45, 2.75) is 58.4 Å². The monoisotopic (exact) mass is 254 g/mol. The van der Waals surface area contributed by atoms with Crippen molar-refractivity contribution in [1.29, 1.82) is 0 Å². The molecule has 1 aliphatic heterocycles. The largest absolute Gasteiger partial charge is 0.466 e. The van der Waals surface area contributed by atoms with E-state index >= 15 is 0 Å². The Bertz CT molecular complexity index is 272. The zero-order valence-corrected chi connectivity index (χ0v) is 11.9. The number of hydrogen-bond donors (Lipinski definition) is 1. The molecule has 104 valence electrons. The van der Waals surface area contributed by atoms with Gasteiger partial charge in [-0.25, -0.2) is 0 Å². The number of carbonyl (C=O) groups excluding carboxylic acids is 1. The number of carbonyl (C=O) groups is 1. The molecule has 3 nitrogen and oxygen atoms in total. The van der Waals surface area contributed by atoms with E-state index in [-0.39, 0.29) is 11.9 Å². The third-order valence-electron chi connectivity index (χ3n) is 4.76. The average Bonchev–Trinajstić information content (AvgIpc) is 2.39. The van der Waals surface area contributed by atoms with Crippen LogP contribution in [0.5, 0.6) is 0 Å². The third-order valence-corrected chi connectivity index (χ3v) is 4.76. The second-order valence-electron chi connectivity index (χ2n) is 6.15. The zero-order chi connectivity index (χ0) is 13.0. The van der Waals surface area contributed by atoms with E-state index in [9.17, 15) is 4.79 Å². The Morgan fingerprint density at radius 3 is 2.56 bits per heavy atom. The highest BCUT2D eigenvalue weighted by atomic mass is 16.5. The van der Waals surface area contributed by atoms with Gasteiger partial charge in [-0.2, -0.15) is 0 Å². The summed E-state index contributed by atoms with van der Waals surface area (Å²) in [7, 11) is 0. The van der Waals surface area contributed by atoms with Crippen LogP contribution in [0, 0.1) is 11.8 Å². The first kappa shape index (κ1) is 13.9. The maximum atomic E-state index is 11.7. The predicted molar refractivity (Wildman–Crippen MR) is 71.5 cm³/mol. The molecule has 0 aromatic heterocycles. The Morgan fingerprint density at radius 2 is 1.94 bits per heavy atom. The predicted octanol–water partition coefficient (Wildman–Crippen LogP) is 1.42. The molecule has 2 aliphatic rings. The van der Waals surface area contributed by atoms with Gasteiger partial charge in [0.2, 0.25) is 0 Å². The van der Waals surface area contributed by atoms with Crippen molar-refractivity contribution in [1.82, 2.24) is 0 Å². The molecule has 1 aliphatic carbocycles. The number of rotatable bonds is 3. The molecule has 0 spiro atoms. The fourth-order valence-electron chi connectivity index (χ4n) is 3.70. The van der Waals surface area contributed by atoms with Crippen molar-refractivity contribution in [2.24, 2.45) is 11.8 Å². The van der Waals surface area contributed by atoms with Crippen LogP contribution in [0.2, 0.25) is 0 Å². The summed E-state index contributed by atoms with van der Waals surface area (Å²) in [6.07, 6.45) is 7.65. The van der Waals surface area contributed by atoms with Gasteiger partial charge < -0.3 is 9.64 Å². The number of ether oxygens (including phenoxy) is 1. The van der Waals surface area contributed by atoms with Gasteiger partial charge in [-0.1, -0.05) is 13.3 Å². The van der Waals surface area contributed by atoms with E-state index in [1.54, 1.807) is 4.90 Å². The maximum Gasteiger partial charge on any atom is 0.309 e. The summed E-state index contributed by atoms with van der Waals surface area (Å²) in [6, 6.07) is 0.858. The molecule has 2 atom stereocenters. The Kier molecular flexibility index (Phi) is 5.04. The molecule has 1 saturated heterocycles. The summed E-state index contributed by atoms with van der Waals surface area (Å²) < 4.78 is 5.13. The molecule has 0 bridgehead atoms. The fourth-order valence-corrected chi connectivity index (χ4v) is 3.70. The van der Waals surface area contributed by atoms with Crippen LogP contribution in [-0.4, -0.2) is 31.7 Å². The molecule has 2 rings (SSSR count). The number of esters is 1. The minimum Gasteiger partial charge on any atom is -0.466 e. The van der Waals surface area contributed by atoms with Crippen molar-refractivity contribution in [3.8, 4) is 0 Å². The Balaban J connectivity index is 1.77. The van der Waals surface area contributed by atoms with Crippen LogP contribution in [-0.2, 0) is 9.53 Å². The first-order valence-corrected chi connectivity index (χ1v) is 7.72. The first-order chi connectivity index (χ1) is 8.70. The van der Waals surface area contributed by atoms with E-state index in [1.165, 1.54) is 38.8 Å². The Labute approximate surface area is 111 Å². The Morgan fingerprint density at radius 1 is 1.22 bits per heavy atom. The minimum atomic E-state index is 0.0357. The lowest BCUT2D eigenvalue weighted by Crippen LogP contribution is -3.17. The lowest BCUT2D eigenvalue weighted by Gasteiger charge is -2.37. The second-order valence-corrected chi connectivity index (χ2v) is 6.15. The lowest BCUT2D eigenvalue weighted by atomic mass is 9.84. The third kappa shape index (κ3) is 3.47. The van der Waals surface area contributed by atoms with E-state index < -0.39 is 0 Å². The first-order valence-electron chi connectivity index (χ1n) is 7.72. The molecule has 1 heterocycles. The Hall–Kier alpha value is -0.570. The molecule has 1 N–H and O–H groups in total. The van der Waals surface area contributed by atoms with Crippen LogP contribution >= 0.6 is 0 Å². The van der Waals surface area contributed by atoms with Gasteiger partial charge in [0.05, 0.1) is 31.7 Å². The molecular weight excluding hydrogens is 226 g/mol. The smallest absolute Gasteiger partial charge is 0.309 e. The summed E-state index contributed by atoms with van der Waals surface area (Å²) in [5.41, 5.74) is 0. The molecule has 0 unspecified atom stereocenters. The summed E-state index contributed by atoms with van der Waals surface area (Å²) in [5.74, 6) is 1.11. The van der Waals surface area contributed by atoms with Crippen molar-refractivity contribution < 1.29 is 14.4 Å².